The Kier molecular flexibility index (Phi) is 6.41. The van der Waals surface area contributed by atoms with Crippen molar-refractivity contribution >= 4 is 50.4 Å². The maximum absolute atomic E-state index is 13.1. The van der Waals surface area contributed by atoms with Crippen LogP contribution in [0.3, 0.4) is 0 Å². The molecule has 168 valence electrons. The number of nitrogen functional groups attached to an aromatic ring is 1. The summed E-state index contributed by atoms with van der Waals surface area (Å²) >= 11 is 11.6. The number of pyridine rings is 1. The van der Waals surface area contributed by atoms with Gasteiger partial charge in [0.1, 0.15) is 5.69 Å². The Morgan fingerprint density at radius 2 is 1.72 bits per heavy atom. The molecule has 0 amide bonds. The van der Waals surface area contributed by atoms with E-state index in [1.807, 2.05) is 0 Å². The third kappa shape index (κ3) is 4.98. The minimum atomic E-state index is -4.86. The van der Waals surface area contributed by atoms with Gasteiger partial charge in [-0.1, -0.05) is 23.2 Å². The standard InChI is InChI=1S/C20H14Cl2F3N3O3S/c1-10-6-17(18(27-9-10)19(29)13-7-11(26)2-4-15(13)21)28-32(30,31)12-3-5-16(22)14(8-12)20(23,24)25/h2-9,28H,26H2,1H3. The van der Waals surface area contributed by atoms with Crippen molar-refractivity contribution in [3.8, 4) is 0 Å². The van der Waals surface area contributed by atoms with Crippen molar-refractivity contribution in [1.82, 2.24) is 4.98 Å². The molecule has 6 nitrogen and oxygen atoms in total. The molecule has 2 aromatic carbocycles. The molecule has 3 rings (SSSR count). The molecule has 1 aromatic heterocycles. The Bertz CT molecular complexity index is 1330. The third-order valence-corrected chi connectivity index (χ3v) is 6.29. The van der Waals surface area contributed by atoms with Crippen molar-refractivity contribution in [1.29, 1.82) is 0 Å². The number of aromatic nitrogens is 1. The van der Waals surface area contributed by atoms with E-state index in [1.54, 1.807) is 6.92 Å². The molecule has 0 radical (unpaired) electrons. The van der Waals surface area contributed by atoms with E-state index in [4.69, 9.17) is 28.9 Å². The summed E-state index contributed by atoms with van der Waals surface area (Å²) in [7, 11) is -4.54. The van der Waals surface area contributed by atoms with Crippen LogP contribution >= 0.6 is 23.2 Å². The van der Waals surface area contributed by atoms with E-state index in [2.05, 4.69) is 9.71 Å². The maximum Gasteiger partial charge on any atom is 0.417 e. The number of nitrogens with zero attached hydrogens (tertiary/aromatic N) is 1. The molecule has 0 atom stereocenters. The largest absolute Gasteiger partial charge is 0.417 e. The number of carbonyl (C=O) groups is 1. The molecule has 0 aliphatic heterocycles. The molecule has 1 heterocycles. The highest BCUT2D eigenvalue weighted by Gasteiger charge is 2.34. The van der Waals surface area contributed by atoms with Gasteiger partial charge in [-0.05, 0) is 55.0 Å². The van der Waals surface area contributed by atoms with Gasteiger partial charge in [-0.15, -0.1) is 0 Å². The first-order valence-electron chi connectivity index (χ1n) is 8.75. The van der Waals surface area contributed by atoms with Gasteiger partial charge in [0.25, 0.3) is 10.0 Å². The lowest BCUT2D eigenvalue weighted by atomic mass is 10.1. The Balaban J connectivity index is 2.07. The fourth-order valence-electron chi connectivity index (χ4n) is 2.76. The molecule has 0 unspecified atom stereocenters. The first-order valence-corrected chi connectivity index (χ1v) is 11.0. The summed E-state index contributed by atoms with van der Waals surface area (Å²) in [5, 5.41) is -0.589. The van der Waals surface area contributed by atoms with Gasteiger partial charge in [0.05, 0.1) is 26.2 Å². The lowest BCUT2D eigenvalue weighted by Crippen LogP contribution is -2.18. The molecule has 32 heavy (non-hydrogen) atoms. The number of halogens is 5. The highest BCUT2D eigenvalue weighted by molar-refractivity contribution is 7.92. The fourth-order valence-corrected chi connectivity index (χ4v) is 4.28. The molecular formula is C20H14Cl2F3N3O3S. The zero-order chi connectivity index (χ0) is 23.8. The second kappa shape index (κ2) is 8.61. The highest BCUT2D eigenvalue weighted by atomic mass is 35.5. The monoisotopic (exact) mass is 503 g/mol. The lowest BCUT2D eigenvalue weighted by Gasteiger charge is -2.15. The SMILES string of the molecule is Cc1cnc(C(=O)c2cc(N)ccc2Cl)c(NS(=O)(=O)c2ccc(Cl)c(C(F)(F)F)c2)c1. The average Bonchev–Trinajstić information content (AvgIpc) is 2.68. The number of anilines is 2. The van der Waals surface area contributed by atoms with E-state index in [0.29, 0.717) is 11.6 Å². The number of ketones is 1. The van der Waals surface area contributed by atoms with Crippen LogP contribution in [0.15, 0.2) is 53.6 Å². The average molecular weight is 504 g/mol. The van der Waals surface area contributed by atoms with Crippen LogP contribution in [0.4, 0.5) is 24.5 Å². The Hall–Kier alpha value is -2.82. The maximum atomic E-state index is 13.1. The normalized spacial score (nSPS) is 11.9. The first kappa shape index (κ1) is 23.8. The number of benzene rings is 2. The molecule has 12 heteroatoms. The third-order valence-electron chi connectivity index (χ3n) is 4.27. The number of hydrogen-bond donors (Lipinski definition) is 2. The van der Waals surface area contributed by atoms with Crippen LogP contribution in [0.5, 0.6) is 0 Å². The molecule has 3 aromatic rings. The zero-order valence-corrected chi connectivity index (χ0v) is 18.5. The van der Waals surface area contributed by atoms with Crippen molar-refractivity contribution in [3.05, 3.63) is 81.1 Å². The molecule has 0 spiro atoms. The lowest BCUT2D eigenvalue weighted by molar-refractivity contribution is -0.137. The Labute approximate surface area is 191 Å². The van der Waals surface area contributed by atoms with Crippen LogP contribution in [0.1, 0.15) is 27.2 Å². The van der Waals surface area contributed by atoms with Crippen molar-refractivity contribution < 1.29 is 26.4 Å². The van der Waals surface area contributed by atoms with Crippen LogP contribution in [-0.4, -0.2) is 19.2 Å². The highest BCUT2D eigenvalue weighted by Crippen LogP contribution is 2.36. The molecular weight excluding hydrogens is 490 g/mol. The van der Waals surface area contributed by atoms with E-state index >= 15 is 0 Å². The predicted molar refractivity (Wildman–Crippen MR) is 116 cm³/mol. The van der Waals surface area contributed by atoms with E-state index in [1.165, 1.54) is 30.5 Å². The molecule has 0 bridgehead atoms. The zero-order valence-electron chi connectivity index (χ0n) is 16.2. The van der Waals surface area contributed by atoms with Crippen molar-refractivity contribution in [2.75, 3.05) is 10.5 Å². The van der Waals surface area contributed by atoms with Gasteiger partial charge in [-0.25, -0.2) is 8.42 Å². The molecule has 3 N–H and O–H groups in total. The molecule has 0 fully saturated rings. The minimum absolute atomic E-state index is 0.0191. The number of carbonyl (C=O) groups excluding carboxylic acids is 1. The summed E-state index contributed by atoms with van der Waals surface area (Å²) in [6.45, 7) is 1.59. The van der Waals surface area contributed by atoms with Crippen LogP contribution in [-0.2, 0) is 16.2 Å². The number of alkyl halides is 3. The van der Waals surface area contributed by atoms with Gasteiger partial charge in [-0.2, -0.15) is 13.2 Å². The van der Waals surface area contributed by atoms with Gasteiger partial charge in [-0.3, -0.25) is 14.5 Å². The van der Waals surface area contributed by atoms with E-state index in [0.717, 1.165) is 12.1 Å². The van der Waals surface area contributed by atoms with Crippen molar-refractivity contribution in [3.63, 3.8) is 0 Å². The van der Waals surface area contributed by atoms with Crippen LogP contribution in [0, 0.1) is 6.92 Å². The van der Waals surface area contributed by atoms with Crippen LogP contribution < -0.4 is 10.5 Å². The van der Waals surface area contributed by atoms with Gasteiger partial charge in [0.15, 0.2) is 0 Å². The Morgan fingerprint density at radius 1 is 1.06 bits per heavy atom. The first-order chi connectivity index (χ1) is 14.8. The van der Waals surface area contributed by atoms with Gasteiger partial charge in [0, 0.05) is 17.4 Å². The van der Waals surface area contributed by atoms with Crippen molar-refractivity contribution in [2.45, 2.75) is 18.0 Å². The number of rotatable bonds is 5. The smallest absolute Gasteiger partial charge is 0.399 e. The molecule has 0 aliphatic carbocycles. The van der Waals surface area contributed by atoms with Crippen LogP contribution in [0.2, 0.25) is 10.0 Å². The number of hydrogen-bond acceptors (Lipinski definition) is 5. The topological polar surface area (TPSA) is 102 Å². The summed E-state index contributed by atoms with van der Waals surface area (Å²) in [5.74, 6) is -0.730. The quantitative estimate of drug-likeness (QED) is 0.361. The second-order valence-electron chi connectivity index (χ2n) is 6.72. The van der Waals surface area contributed by atoms with Gasteiger partial charge in [0.2, 0.25) is 5.78 Å². The van der Waals surface area contributed by atoms with Gasteiger partial charge >= 0.3 is 6.18 Å². The number of aryl methyl sites for hydroxylation is 1. The van der Waals surface area contributed by atoms with E-state index < -0.39 is 37.5 Å². The second-order valence-corrected chi connectivity index (χ2v) is 9.22. The van der Waals surface area contributed by atoms with E-state index in [-0.39, 0.29) is 27.7 Å². The fraction of sp³-hybridized carbons (Fsp3) is 0.100. The van der Waals surface area contributed by atoms with Gasteiger partial charge < -0.3 is 5.73 Å². The molecule has 0 saturated heterocycles. The summed E-state index contributed by atoms with van der Waals surface area (Å²) in [6, 6.07) is 7.64. The summed E-state index contributed by atoms with van der Waals surface area (Å²) in [5.41, 5.74) is 4.55. The van der Waals surface area contributed by atoms with E-state index in [9.17, 15) is 26.4 Å². The van der Waals surface area contributed by atoms with Crippen LogP contribution in [0.25, 0.3) is 0 Å². The predicted octanol–water partition coefficient (Wildman–Crippen LogP) is 5.33. The molecule has 0 saturated carbocycles. The Morgan fingerprint density at radius 3 is 2.38 bits per heavy atom. The number of nitrogens with two attached hydrogens (primary N) is 1. The number of nitrogens with one attached hydrogen (secondary N) is 1. The molecule has 0 aliphatic rings. The summed E-state index contributed by atoms with van der Waals surface area (Å²) < 4.78 is 67.2. The summed E-state index contributed by atoms with van der Waals surface area (Å²) in [6.07, 6.45) is -3.53. The van der Waals surface area contributed by atoms with Crippen molar-refractivity contribution in [2.24, 2.45) is 0 Å². The minimum Gasteiger partial charge on any atom is -0.399 e. The number of sulfonamides is 1. The summed E-state index contributed by atoms with van der Waals surface area (Å²) in [4.78, 5) is 16.3.